The van der Waals surface area contributed by atoms with Gasteiger partial charge in [-0.1, -0.05) is 30.3 Å². The summed E-state index contributed by atoms with van der Waals surface area (Å²) in [5.41, 5.74) is 5.26. The Hall–Kier alpha value is -3.78. The van der Waals surface area contributed by atoms with Gasteiger partial charge in [-0.25, -0.2) is 4.79 Å². The molecule has 178 valence electrons. The SMILES string of the molecule is COC(=O)c1c(-c2ccc3c(c2)CCCC3)csc1NC(=O)CCN1C(=O)c2ccccc2C1=O. The molecule has 0 atom stereocenters. The van der Waals surface area contributed by atoms with Gasteiger partial charge in [0.15, 0.2) is 0 Å². The molecule has 7 nitrogen and oxygen atoms in total. The molecule has 3 amide bonds. The van der Waals surface area contributed by atoms with Gasteiger partial charge in [0.1, 0.15) is 10.6 Å². The monoisotopic (exact) mass is 488 g/mol. The molecule has 0 saturated heterocycles. The van der Waals surface area contributed by atoms with E-state index in [2.05, 4.69) is 17.4 Å². The van der Waals surface area contributed by atoms with Gasteiger partial charge in [0.05, 0.1) is 18.2 Å². The molecular formula is C27H24N2O5S. The Balaban J connectivity index is 1.33. The van der Waals surface area contributed by atoms with Gasteiger partial charge in [-0.3, -0.25) is 19.3 Å². The number of nitrogens with zero attached hydrogens (tertiary/aromatic N) is 1. The quantitative estimate of drug-likeness (QED) is 0.401. The number of nitrogens with one attached hydrogen (secondary N) is 1. The van der Waals surface area contributed by atoms with Crippen LogP contribution in [0.15, 0.2) is 47.8 Å². The molecule has 1 aliphatic heterocycles. The number of hydrogen-bond donors (Lipinski definition) is 1. The Morgan fingerprint density at radius 2 is 1.66 bits per heavy atom. The number of anilines is 1. The number of hydrogen-bond acceptors (Lipinski definition) is 6. The van der Waals surface area contributed by atoms with Gasteiger partial charge in [-0.05, 0) is 54.5 Å². The number of benzene rings is 2. The van der Waals surface area contributed by atoms with Gasteiger partial charge in [0, 0.05) is 23.9 Å². The zero-order chi connectivity index (χ0) is 24.5. The number of esters is 1. The first-order valence-corrected chi connectivity index (χ1v) is 12.4. The van der Waals surface area contributed by atoms with Gasteiger partial charge in [0.25, 0.3) is 11.8 Å². The van der Waals surface area contributed by atoms with Crippen LogP contribution in [0.5, 0.6) is 0 Å². The van der Waals surface area contributed by atoms with E-state index in [4.69, 9.17) is 4.74 Å². The molecule has 1 N–H and O–H groups in total. The fourth-order valence-corrected chi connectivity index (χ4v) is 5.69. The van der Waals surface area contributed by atoms with Crippen LogP contribution < -0.4 is 5.32 Å². The molecule has 2 heterocycles. The number of carbonyl (C=O) groups is 4. The molecule has 0 unspecified atom stereocenters. The Labute approximate surface area is 206 Å². The lowest BCUT2D eigenvalue weighted by atomic mass is 9.89. The summed E-state index contributed by atoms with van der Waals surface area (Å²) < 4.78 is 5.02. The van der Waals surface area contributed by atoms with Crippen molar-refractivity contribution in [3.8, 4) is 11.1 Å². The molecule has 8 heteroatoms. The standard InChI is InChI=1S/C27H24N2O5S/c1-34-27(33)23-21(18-11-10-16-6-2-3-7-17(16)14-18)15-35-24(23)28-22(30)12-13-29-25(31)19-8-4-5-9-20(19)26(29)32/h4-5,8-11,14-15H,2-3,6-7,12-13H2,1H3,(H,28,30). The maximum atomic E-state index is 12.8. The van der Waals surface area contributed by atoms with Gasteiger partial charge in [-0.2, -0.15) is 0 Å². The molecule has 0 spiro atoms. The second kappa shape index (κ2) is 9.46. The lowest BCUT2D eigenvalue weighted by molar-refractivity contribution is -0.116. The number of thiophene rings is 1. The van der Waals surface area contributed by atoms with Crippen LogP contribution in [-0.4, -0.2) is 42.2 Å². The van der Waals surface area contributed by atoms with Crippen LogP contribution in [0.1, 0.15) is 61.5 Å². The van der Waals surface area contributed by atoms with E-state index in [0.717, 1.165) is 29.7 Å². The predicted octanol–water partition coefficient (Wildman–Crippen LogP) is 4.71. The van der Waals surface area contributed by atoms with E-state index in [1.54, 1.807) is 24.3 Å². The molecule has 2 aromatic carbocycles. The van der Waals surface area contributed by atoms with Crippen LogP contribution in [0.3, 0.4) is 0 Å². The third-order valence-corrected chi connectivity index (χ3v) is 7.43. The van der Waals surface area contributed by atoms with E-state index >= 15 is 0 Å². The first-order valence-electron chi connectivity index (χ1n) is 11.5. The molecule has 2 aliphatic rings. The van der Waals surface area contributed by atoms with Crippen LogP contribution in [0, 0.1) is 0 Å². The minimum absolute atomic E-state index is 0.0468. The van der Waals surface area contributed by atoms with E-state index < -0.39 is 23.7 Å². The molecule has 0 bridgehead atoms. The number of imide groups is 1. The molecule has 0 saturated carbocycles. The van der Waals surface area contributed by atoms with Crippen LogP contribution in [0.25, 0.3) is 11.1 Å². The van der Waals surface area contributed by atoms with Crippen LogP contribution in [0.2, 0.25) is 0 Å². The predicted molar refractivity (Wildman–Crippen MR) is 133 cm³/mol. The molecule has 0 fully saturated rings. The van der Waals surface area contributed by atoms with Crippen molar-refractivity contribution in [3.63, 3.8) is 0 Å². The number of ether oxygens (including phenoxy) is 1. The molecule has 1 aliphatic carbocycles. The fraction of sp³-hybridized carbons (Fsp3) is 0.259. The Kier molecular flexibility index (Phi) is 6.21. The number of aryl methyl sites for hydroxylation is 2. The highest BCUT2D eigenvalue weighted by atomic mass is 32.1. The third-order valence-electron chi connectivity index (χ3n) is 6.53. The van der Waals surface area contributed by atoms with E-state index in [0.29, 0.717) is 27.3 Å². The minimum Gasteiger partial charge on any atom is -0.465 e. The smallest absolute Gasteiger partial charge is 0.341 e. The van der Waals surface area contributed by atoms with Crippen LogP contribution in [0.4, 0.5) is 5.00 Å². The average Bonchev–Trinajstić information content (AvgIpc) is 3.40. The molecule has 35 heavy (non-hydrogen) atoms. The summed E-state index contributed by atoms with van der Waals surface area (Å²) >= 11 is 1.25. The van der Waals surface area contributed by atoms with Crippen molar-refractivity contribution >= 4 is 40.0 Å². The summed E-state index contributed by atoms with van der Waals surface area (Å²) in [6.07, 6.45) is 4.34. The molecule has 5 rings (SSSR count). The van der Waals surface area contributed by atoms with Crippen LogP contribution in [-0.2, 0) is 22.4 Å². The second-order valence-corrected chi connectivity index (χ2v) is 9.52. The van der Waals surface area contributed by atoms with E-state index in [9.17, 15) is 19.2 Å². The number of methoxy groups -OCH3 is 1. The maximum absolute atomic E-state index is 12.8. The Morgan fingerprint density at radius 3 is 2.34 bits per heavy atom. The highest BCUT2D eigenvalue weighted by Gasteiger charge is 2.35. The number of amides is 3. The summed E-state index contributed by atoms with van der Waals surface area (Å²) in [5.74, 6) is -1.74. The zero-order valence-electron chi connectivity index (χ0n) is 19.3. The number of rotatable bonds is 6. The average molecular weight is 489 g/mol. The highest BCUT2D eigenvalue weighted by molar-refractivity contribution is 7.15. The zero-order valence-corrected chi connectivity index (χ0v) is 20.1. The van der Waals surface area contributed by atoms with Crippen molar-refractivity contribution in [2.24, 2.45) is 0 Å². The second-order valence-electron chi connectivity index (χ2n) is 8.64. The minimum atomic E-state index is -0.533. The van der Waals surface area contributed by atoms with E-state index in [1.807, 2.05) is 11.4 Å². The summed E-state index contributed by atoms with van der Waals surface area (Å²) in [6, 6.07) is 12.8. The summed E-state index contributed by atoms with van der Waals surface area (Å²) in [7, 11) is 1.31. The summed E-state index contributed by atoms with van der Waals surface area (Å²) in [5, 5.41) is 5.01. The Bertz CT molecular complexity index is 1320. The van der Waals surface area contributed by atoms with Crippen molar-refractivity contribution in [1.82, 2.24) is 4.90 Å². The largest absolute Gasteiger partial charge is 0.465 e. The Morgan fingerprint density at radius 1 is 0.971 bits per heavy atom. The molecular weight excluding hydrogens is 464 g/mol. The fourth-order valence-electron chi connectivity index (χ4n) is 4.71. The van der Waals surface area contributed by atoms with Crippen molar-refractivity contribution in [2.75, 3.05) is 19.0 Å². The van der Waals surface area contributed by atoms with Crippen molar-refractivity contribution < 1.29 is 23.9 Å². The normalized spacial score (nSPS) is 14.5. The van der Waals surface area contributed by atoms with Gasteiger partial charge in [-0.15, -0.1) is 11.3 Å². The maximum Gasteiger partial charge on any atom is 0.341 e. The molecule has 3 aromatic rings. The van der Waals surface area contributed by atoms with Gasteiger partial charge in [0.2, 0.25) is 5.91 Å². The van der Waals surface area contributed by atoms with Gasteiger partial charge >= 0.3 is 5.97 Å². The third kappa shape index (κ3) is 4.25. The first kappa shape index (κ1) is 23.0. The van der Waals surface area contributed by atoms with Crippen molar-refractivity contribution in [2.45, 2.75) is 32.1 Å². The number of carbonyl (C=O) groups excluding carboxylic acids is 4. The number of fused-ring (bicyclic) bond motifs is 2. The van der Waals surface area contributed by atoms with E-state index in [-0.39, 0.29) is 13.0 Å². The first-order chi connectivity index (χ1) is 17.0. The summed E-state index contributed by atoms with van der Waals surface area (Å²) in [4.78, 5) is 51.6. The highest BCUT2D eigenvalue weighted by Crippen LogP contribution is 2.38. The van der Waals surface area contributed by atoms with Crippen molar-refractivity contribution in [1.29, 1.82) is 0 Å². The molecule has 1 aromatic heterocycles. The lowest BCUT2D eigenvalue weighted by Crippen LogP contribution is -2.32. The van der Waals surface area contributed by atoms with Gasteiger partial charge < -0.3 is 10.1 Å². The molecule has 0 radical (unpaired) electrons. The summed E-state index contributed by atoms with van der Waals surface area (Å²) in [6.45, 7) is -0.0468. The van der Waals surface area contributed by atoms with Crippen molar-refractivity contribution in [3.05, 3.63) is 75.7 Å². The van der Waals surface area contributed by atoms with E-state index in [1.165, 1.54) is 36.0 Å². The van der Waals surface area contributed by atoms with Crippen LogP contribution >= 0.6 is 11.3 Å². The topological polar surface area (TPSA) is 92.8 Å². The lowest BCUT2D eigenvalue weighted by Gasteiger charge is -2.17.